The molecular weight excluding hydrogens is 400 g/mol. The average Bonchev–Trinajstić information content (AvgIpc) is 2.63. The first-order valence-corrected chi connectivity index (χ1v) is 9.23. The summed E-state index contributed by atoms with van der Waals surface area (Å²) < 4.78 is 44.1. The Balaban J connectivity index is 1.89. The van der Waals surface area contributed by atoms with Gasteiger partial charge in [0.1, 0.15) is 17.7 Å². The zero-order valence-electron chi connectivity index (χ0n) is 17.0. The molecule has 2 aromatic rings. The number of carbonyl (C=O) groups excluding carboxylic acids is 1. The summed E-state index contributed by atoms with van der Waals surface area (Å²) in [6, 6.07) is 2.93. The lowest BCUT2D eigenvalue weighted by molar-refractivity contribution is -0.114. The van der Waals surface area contributed by atoms with Crippen LogP contribution in [0.3, 0.4) is 0 Å². The Hall–Kier alpha value is -3.08. The van der Waals surface area contributed by atoms with Crippen LogP contribution in [-0.4, -0.2) is 47.3 Å². The molecule has 2 heterocycles. The molecule has 0 aromatic carbocycles. The van der Waals surface area contributed by atoms with Gasteiger partial charge in [0.2, 0.25) is 17.6 Å². The van der Waals surface area contributed by atoms with Crippen LogP contribution in [0.4, 0.5) is 26.1 Å². The molecule has 0 unspecified atom stereocenters. The number of halogens is 2. The monoisotopic (exact) mass is 423 g/mol. The maximum Gasteiger partial charge on any atom is 0.304 e. The second-order valence-corrected chi connectivity index (χ2v) is 6.95. The highest BCUT2D eigenvalue weighted by molar-refractivity contribution is 5.88. The molecule has 0 radical (unpaired) electrons. The van der Waals surface area contributed by atoms with Crippen molar-refractivity contribution < 1.29 is 27.8 Å². The first kappa shape index (κ1) is 21.6. The second-order valence-electron chi connectivity index (χ2n) is 6.95. The molecule has 1 amide bonds. The number of anilines is 3. The third-order valence-corrected chi connectivity index (χ3v) is 4.42. The number of ether oxygens (including phenoxy) is 3. The number of hydrogen-bond donors (Lipinski definition) is 2. The van der Waals surface area contributed by atoms with Gasteiger partial charge in [-0.15, -0.1) is 0 Å². The summed E-state index contributed by atoms with van der Waals surface area (Å²) in [5.41, 5.74) is 0.370. The number of nitrogens with zero attached hydrogens (tertiary/aromatic N) is 3. The Morgan fingerprint density at radius 3 is 2.50 bits per heavy atom. The predicted octanol–water partition coefficient (Wildman–Crippen LogP) is 3.25. The number of aromatic nitrogens is 3. The van der Waals surface area contributed by atoms with Gasteiger partial charge in [0.15, 0.2) is 5.75 Å². The van der Waals surface area contributed by atoms with Crippen molar-refractivity contribution in [1.82, 2.24) is 15.0 Å². The van der Waals surface area contributed by atoms with Gasteiger partial charge >= 0.3 is 5.92 Å². The summed E-state index contributed by atoms with van der Waals surface area (Å²) in [4.78, 5) is 23.1. The lowest BCUT2D eigenvalue weighted by atomic mass is 9.92. The molecule has 162 valence electrons. The lowest BCUT2D eigenvalue weighted by Gasteiger charge is -2.33. The van der Waals surface area contributed by atoms with E-state index in [-0.39, 0.29) is 35.6 Å². The normalized spacial score (nSPS) is 18.3. The molecule has 0 saturated heterocycles. The van der Waals surface area contributed by atoms with E-state index in [1.165, 1.54) is 32.4 Å². The maximum absolute atomic E-state index is 13.9. The van der Waals surface area contributed by atoms with E-state index < -0.39 is 11.7 Å². The molecule has 1 aliphatic carbocycles. The molecule has 30 heavy (non-hydrogen) atoms. The van der Waals surface area contributed by atoms with Crippen molar-refractivity contribution in [3.05, 3.63) is 24.2 Å². The summed E-state index contributed by atoms with van der Waals surface area (Å²) in [7, 11) is 3.05. The zero-order valence-corrected chi connectivity index (χ0v) is 17.0. The summed E-state index contributed by atoms with van der Waals surface area (Å²) in [6.45, 7) is 2.05. The fraction of sp³-hybridized carbons (Fsp3) is 0.474. The minimum absolute atomic E-state index is 0.0266. The maximum atomic E-state index is 13.9. The van der Waals surface area contributed by atoms with Crippen LogP contribution in [0.15, 0.2) is 18.3 Å². The molecule has 2 N–H and O–H groups in total. The van der Waals surface area contributed by atoms with E-state index in [0.717, 1.165) is 0 Å². The van der Waals surface area contributed by atoms with Crippen LogP contribution in [0.1, 0.15) is 32.5 Å². The molecule has 0 spiro atoms. The topological polar surface area (TPSA) is 107 Å². The van der Waals surface area contributed by atoms with E-state index in [2.05, 4.69) is 25.6 Å². The van der Waals surface area contributed by atoms with Crippen LogP contribution < -0.4 is 20.1 Å². The zero-order chi connectivity index (χ0) is 21.9. The lowest BCUT2D eigenvalue weighted by Crippen LogP contribution is -2.39. The van der Waals surface area contributed by atoms with Crippen molar-refractivity contribution in [2.24, 2.45) is 0 Å². The summed E-state index contributed by atoms with van der Waals surface area (Å²) >= 11 is 0. The Morgan fingerprint density at radius 1 is 1.17 bits per heavy atom. The van der Waals surface area contributed by atoms with Gasteiger partial charge in [0.05, 0.1) is 25.1 Å². The number of rotatable bonds is 8. The average molecular weight is 423 g/mol. The molecule has 1 aliphatic rings. The highest BCUT2D eigenvalue weighted by atomic mass is 19.3. The third kappa shape index (κ3) is 5.29. The van der Waals surface area contributed by atoms with Crippen LogP contribution >= 0.6 is 0 Å². The van der Waals surface area contributed by atoms with Crippen LogP contribution in [0.5, 0.6) is 11.6 Å². The molecular formula is C19H23F2N5O4. The second kappa shape index (κ2) is 8.74. The highest BCUT2D eigenvalue weighted by Gasteiger charge is 2.33. The van der Waals surface area contributed by atoms with Crippen molar-refractivity contribution in [2.75, 3.05) is 24.9 Å². The summed E-state index contributed by atoms with van der Waals surface area (Å²) in [6.07, 6.45) is 2.62. The number of nitrogens with one attached hydrogen (secondary N) is 2. The smallest absolute Gasteiger partial charge is 0.304 e. The van der Waals surface area contributed by atoms with Crippen LogP contribution in [-0.2, 0) is 15.5 Å². The van der Waals surface area contributed by atoms with Crippen LogP contribution in [0.25, 0.3) is 0 Å². The predicted molar refractivity (Wildman–Crippen MR) is 104 cm³/mol. The SMILES string of the molecule is COc1cnc(NC(C)=O)cc1Nc1cc(OC2CC(OC)C2)nc(C(C)(F)F)n1. The molecule has 1 saturated carbocycles. The van der Waals surface area contributed by atoms with Crippen LogP contribution in [0, 0.1) is 0 Å². The Labute approximate surface area is 172 Å². The molecule has 1 fully saturated rings. The van der Waals surface area contributed by atoms with Gasteiger partial charge in [0, 0.05) is 45.9 Å². The van der Waals surface area contributed by atoms with Gasteiger partial charge in [-0.3, -0.25) is 4.79 Å². The molecule has 3 rings (SSSR count). The standard InChI is InChI=1S/C19H23F2N5O4/c1-10(27)23-15-7-13(14(29-4)9-22-15)24-16-8-17(26-18(25-16)19(2,20)21)30-12-5-11(6-12)28-3/h7-9,11-12H,5-6H2,1-4H3,(H2,22,23,24,25,26,27). The number of pyridine rings is 1. The molecule has 2 aromatic heterocycles. The number of carbonyl (C=O) groups is 1. The van der Waals surface area contributed by atoms with E-state index in [9.17, 15) is 13.6 Å². The molecule has 0 atom stereocenters. The van der Waals surface area contributed by atoms with Gasteiger partial charge < -0.3 is 24.8 Å². The van der Waals surface area contributed by atoms with Gasteiger partial charge in [-0.1, -0.05) is 0 Å². The summed E-state index contributed by atoms with van der Waals surface area (Å²) in [5.74, 6) is -3.56. The fourth-order valence-corrected chi connectivity index (χ4v) is 2.81. The largest absolute Gasteiger partial charge is 0.493 e. The molecule has 11 heteroatoms. The minimum atomic E-state index is -3.27. The first-order chi connectivity index (χ1) is 14.2. The van der Waals surface area contributed by atoms with Crippen molar-refractivity contribution in [2.45, 2.75) is 44.8 Å². The fourth-order valence-electron chi connectivity index (χ4n) is 2.81. The first-order valence-electron chi connectivity index (χ1n) is 9.23. The van der Waals surface area contributed by atoms with E-state index >= 15 is 0 Å². The van der Waals surface area contributed by atoms with Crippen LogP contribution in [0.2, 0.25) is 0 Å². The van der Waals surface area contributed by atoms with E-state index in [4.69, 9.17) is 14.2 Å². The minimum Gasteiger partial charge on any atom is -0.493 e. The van der Waals surface area contributed by atoms with Gasteiger partial charge in [0.25, 0.3) is 0 Å². The van der Waals surface area contributed by atoms with Gasteiger partial charge in [-0.25, -0.2) is 9.97 Å². The van der Waals surface area contributed by atoms with E-state index in [0.29, 0.717) is 31.2 Å². The Bertz CT molecular complexity index is 916. The van der Waals surface area contributed by atoms with Crippen molar-refractivity contribution in [1.29, 1.82) is 0 Å². The number of amides is 1. The van der Waals surface area contributed by atoms with E-state index in [1.807, 2.05) is 0 Å². The summed E-state index contributed by atoms with van der Waals surface area (Å²) in [5, 5.41) is 5.46. The van der Waals surface area contributed by atoms with Gasteiger partial charge in [-0.05, 0) is 0 Å². The molecule has 9 nitrogen and oxygen atoms in total. The van der Waals surface area contributed by atoms with E-state index in [1.54, 1.807) is 7.11 Å². The number of methoxy groups -OCH3 is 2. The van der Waals surface area contributed by atoms with Crippen molar-refractivity contribution in [3.63, 3.8) is 0 Å². The van der Waals surface area contributed by atoms with Crippen molar-refractivity contribution in [3.8, 4) is 11.6 Å². The highest BCUT2D eigenvalue weighted by Crippen LogP contribution is 2.33. The Kier molecular flexibility index (Phi) is 6.30. The molecule has 0 bridgehead atoms. The third-order valence-electron chi connectivity index (χ3n) is 4.42. The van der Waals surface area contributed by atoms with Crippen molar-refractivity contribution >= 4 is 23.2 Å². The molecule has 0 aliphatic heterocycles. The quantitative estimate of drug-likeness (QED) is 0.666. The Morgan fingerprint density at radius 2 is 1.90 bits per heavy atom. The number of hydrogen-bond acceptors (Lipinski definition) is 8. The number of alkyl halides is 2. The van der Waals surface area contributed by atoms with Gasteiger partial charge in [-0.2, -0.15) is 13.8 Å².